The van der Waals surface area contributed by atoms with Crippen LogP contribution in [0.2, 0.25) is 5.02 Å². The van der Waals surface area contributed by atoms with Crippen LogP contribution in [0, 0.1) is 6.92 Å². The molecule has 0 spiro atoms. The Hall–Kier alpha value is -4.16. The fourth-order valence-corrected chi connectivity index (χ4v) is 4.26. The van der Waals surface area contributed by atoms with Crippen LogP contribution in [-0.2, 0) is 16.1 Å². The molecule has 1 aliphatic heterocycles. The van der Waals surface area contributed by atoms with Gasteiger partial charge in [0.1, 0.15) is 5.57 Å². The molecule has 34 heavy (non-hydrogen) atoms. The van der Waals surface area contributed by atoms with Crippen LogP contribution in [0.4, 0.5) is 10.5 Å². The minimum atomic E-state index is -0.795. The normalized spacial score (nSPS) is 15.3. The number of carbonyl (C=O) groups is 3. The van der Waals surface area contributed by atoms with Crippen molar-refractivity contribution in [1.29, 1.82) is 0 Å². The lowest BCUT2D eigenvalue weighted by atomic mass is 10.1. The Morgan fingerprint density at radius 3 is 2.38 bits per heavy atom. The number of anilines is 1. The van der Waals surface area contributed by atoms with E-state index < -0.39 is 17.8 Å². The maximum atomic E-state index is 13.3. The molecule has 168 valence electrons. The minimum absolute atomic E-state index is 0.117. The molecule has 0 atom stereocenters. The molecule has 2 heterocycles. The quantitative estimate of drug-likeness (QED) is 0.325. The number of nitrogens with one attached hydrogen (secondary N) is 1. The molecule has 7 heteroatoms. The molecule has 3 aromatic carbocycles. The van der Waals surface area contributed by atoms with E-state index in [9.17, 15) is 14.4 Å². The van der Waals surface area contributed by atoms with Gasteiger partial charge in [-0.25, -0.2) is 9.69 Å². The summed E-state index contributed by atoms with van der Waals surface area (Å²) >= 11 is 5.94. The smallest absolute Gasteiger partial charge is 0.335 e. The van der Waals surface area contributed by atoms with Crippen molar-refractivity contribution in [2.24, 2.45) is 0 Å². The lowest BCUT2D eigenvalue weighted by Crippen LogP contribution is -2.54. The summed E-state index contributed by atoms with van der Waals surface area (Å²) in [7, 11) is 0. The summed E-state index contributed by atoms with van der Waals surface area (Å²) in [5.74, 6) is -1.41. The topological polar surface area (TPSA) is 71.4 Å². The number of rotatable bonds is 4. The molecule has 0 unspecified atom stereocenters. The Balaban J connectivity index is 1.57. The average Bonchev–Trinajstić information content (AvgIpc) is 3.16. The minimum Gasteiger partial charge on any atom is -0.342 e. The molecule has 0 bridgehead atoms. The summed E-state index contributed by atoms with van der Waals surface area (Å²) in [6.07, 6.45) is 3.47. The van der Waals surface area contributed by atoms with Crippen LogP contribution in [0.3, 0.4) is 0 Å². The number of barbiturate groups is 1. The SMILES string of the molecule is Cc1ccccc1Cn1cc(C=C2C(=O)NC(=O)N(c3ccc(Cl)cc3)C2=O)c2ccccc21. The second-order valence-electron chi connectivity index (χ2n) is 8.09. The van der Waals surface area contributed by atoms with Crippen molar-refractivity contribution in [3.8, 4) is 0 Å². The molecule has 0 aliphatic carbocycles. The van der Waals surface area contributed by atoms with Crippen LogP contribution in [0.1, 0.15) is 16.7 Å². The molecule has 1 fully saturated rings. The van der Waals surface area contributed by atoms with Crippen LogP contribution < -0.4 is 10.2 Å². The number of imide groups is 2. The van der Waals surface area contributed by atoms with Crippen LogP contribution in [0.5, 0.6) is 0 Å². The van der Waals surface area contributed by atoms with E-state index in [1.807, 2.05) is 42.6 Å². The number of halogens is 1. The highest BCUT2D eigenvalue weighted by molar-refractivity contribution is 6.39. The third-order valence-corrected chi connectivity index (χ3v) is 6.16. The van der Waals surface area contributed by atoms with Gasteiger partial charge in [0.25, 0.3) is 11.8 Å². The number of aryl methyl sites for hydroxylation is 1. The second kappa shape index (κ2) is 8.65. The molecule has 1 N–H and O–H groups in total. The Bertz CT molecular complexity index is 1480. The molecule has 1 aliphatic rings. The van der Waals surface area contributed by atoms with Gasteiger partial charge in [0.2, 0.25) is 0 Å². The van der Waals surface area contributed by atoms with Crippen molar-refractivity contribution in [2.75, 3.05) is 4.90 Å². The molecule has 1 saturated heterocycles. The van der Waals surface area contributed by atoms with E-state index in [0.29, 0.717) is 22.8 Å². The first-order valence-corrected chi connectivity index (χ1v) is 11.1. The zero-order valence-corrected chi connectivity index (χ0v) is 19.0. The molecule has 4 aromatic rings. The lowest BCUT2D eigenvalue weighted by Gasteiger charge is -2.26. The first kappa shape index (κ1) is 21.7. The van der Waals surface area contributed by atoms with Crippen LogP contribution in [0.25, 0.3) is 17.0 Å². The Morgan fingerprint density at radius 2 is 1.62 bits per heavy atom. The summed E-state index contributed by atoms with van der Waals surface area (Å²) in [6.45, 7) is 2.71. The van der Waals surface area contributed by atoms with Crippen LogP contribution >= 0.6 is 11.6 Å². The average molecular weight is 470 g/mol. The molecule has 6 nitrogen and oxygen atoms in total. The van der Waals surface area contributed by atoms with E-state index in [-0.39, 0.29) is 5.57 Å². The van der Waals surface area contributed by atoms with E-state index >= 15 is 0 Å². The number of carbonyl (C=O) groups excluding carboxylic acids is 3. The maximum Gasteiger partial charge on any atom is 0.335 e. The monoisotopic (exact) mass is 469 g/mol. The van der Waals surface area contributed by atoms with Gasteiger partial charge < -0.3 is 4.57 Å². The molecule has 4 amide bonds. The maximum absolute atomic E-state index is 13.3. The highest BCUT2D eigenvalue weighted by Crippen LogP contribution is 2.28. The number of hydrogen-bond acceptors (Lipinski definition) is 3. The van der Waals surface area contributed by atoms with Crippen molar-refractivity contribution < 1.29 is 14.4 Å². The van der Waals surface area contributed by atoms with Gasteiger partial charge in [0, 0.05) is 34.2 Å². The highest BCUT2D eigenvalue weighted by Gasteiger charge is 2.37. The fraction of sp³-hybridized carbons (Fsp3) is 0.0741. The Morgan fingerprint density at radius 1 is 0.912 bits per heavy atom. The molecule has 1 aromatic heterocycles. The predicted molar refractivity (Wildman–Crippen MR) is 133 cm³/mol. The predicted octanol–water partition coefficient (Wildman–Crippen LogP) is 5.32. The van der Waals surface area contributed by atoms with Crippen molar-refractivity contribution in [1.82, 2.24) is 9.88 Å². The number of para-hydroxylation sites is 1. The number of aromatic nitrogens is 1. The van der Waals surface area contributed by atoms with Gasteiger partial charge in [-0.15, -0.1) is 0 Å². The molecule has 0 radical (unpaired) electrons. The zero-order valence-electron chi connectivity index (χ0n) is 18.3. The van der Waals surface area contributed by atoms with Crippen LogP contribution in [-0.4, -0.2) is 22.4 Å². The van der Waals surface area contributed by atoms with E-state index in [1.165, 1.54) is 11.1 Å². The Kier molecular flexibility index (Phi) is 5.51. The third-order valence-electron chi connectivity index (χ3n) is 5.91. The number of fused-ring (bicyclic) bond motifs is 1. The van der Waals surface area contributed by atoms with Gasteiger partial charge in [0.05, 0.1) is 5.69 Å². The van der Waals surface area contributed by atoms with Gasteiger partial charge in [-0.3, -0.25) is 14.9 Å². The Labute approximate surface area is 201 Å². The van der Waals surface area contributed by atoms with E-state index in [0.717, 1.165) is 15.8 Å². The molecular formula is C27H20ClN3O3. The number of benzene rings is 3. The fourth-order valence-electron chi connectivity index (χ4n) is 4.13. The summed E-state index contributed by atoms with van der Waals surface area (Å²) in [6, 6.07) is 21.4. The first-order valence-electron chi connectivity index (χ1n) is 10.7. The molecule has 0 saturated carbocycles. The van der Waals surface area contributed by atoms with Gasteiger partial charge in [0.15, 0.2) is 0 Å². The zero-order chi connectivity index (χ0) is 23.8. The van der Waals surface area contributed by atoms with Crippen molar-refractivity contribution >= 4 is 52.1 Å². The van der Waals surface area contributed by atoms with Gasteiger partial charge in [-0.05, 0) is 54.5 Å². The van der Waals surface area contributed by atoms with Crippen molar-refractivity contribution in [2.45, 2.75) is 13.5 Å². The summed E-state index contributed by atoms with van der Waals surface area (Å²) in [5, 5.41) is 3.64. The lowest BCUT2D eigenvalue weighted by molar-refractivity contribution is -0.122. The molecular weight excluding hydrogens is 450 g/mol. The number of nitrogens with zero attached hydrogens (tertiary/aromatic N) is 2. The molecule has 5 rings (SSSR count). The van der Waals surface area contributed by atoms with Crippen molar-refractivity contribution in [3.05, 3.63) is 106 Å². The summed E-state index contributed by atoms with van der Waals surface area (Å²) in [4.78, 5) is 39.3. The van der Waals surface area contributed by atoms with E-state index in [1.54, 1.807) is 30.3 Å². The first-order chi connectivity index (χ1) is 16.4. The van der Waals surface area contributed by atoms with E-state index in [4.69, 9.17) is 11.6 Å². The van der Waals surface area contributed by atoms with E-state index in [2.05, 4.69) is 28.9 Å². The van der Waals surface area contributed by atoms with Gasteiger partial charge in [-0.1, -0.05) is 54.1 Å². The van der Waals surface area contributed by atoms with Crippen molar-refractivity contribution in [3.63, 3.8) is 0 Å². The summed E-state index contributed by atoms with van der Waals surface area (Å²) < 4.78 is 2.09. The number of amides is 4. The number of urea groups is 1. The highest BCUT2D eigenvalue weighted by atomic mass is 35.5. The number of hydrogen-bond donors (Lipinski definition) is 1. The van der Waals surface area contributed by atoms with Gasteiger partial charge in [-0.2, -0.15) is 0 Å². The second-order valence-corrected chi connectivity index (χ2v) is 8.53. The third kappa shape index (κ3) is 3.89. The standard InChI is InChI=1S/C27H20ClN3O3/c1-17-6-2-3-7-18(17)15-30-16-19(22-8-4-5-9-24(22)30)14-23-25(32)29-27(34)31(26(23)33)21-12-10-20(28)11-13-21/h2-14,16H,15H2,1H3,(H,29,32,34). The van der Waals surface area contributed by atoms with Crippen LogP contribution in [0.15, 0.2) is 84.6 Å². The summed E-state index contributed by atoms with van der Waals surface area (Å²) in [5.41, 5.74) is 4.26. The largest absolute Gasteiger partial charge is 0.342 e. The van der Waals surface area contributed by atoms with Gasteiger partial charge >= 0.3 is 6.03 Å².